The summed E-state index contributed by atoms with van der Waals surface area (Å²) in [5.74, 6) is -1.07. The Morgan fingerprint density at radius 3 is 2.25 bits per heavy atom. The number of benzene rings is 3. The highest BCUT2D eigenvalue weighted by Crippen LogP contribution is 2.43. The van der Waals surface area contributed by atoms with Crippen LogP contribution < -0.4 is 0 Å². The average molecular weight is 373 g/mol. The summed E-state index contributed by atoms with van der Waals surface area (Å²) in [6.45, 7) is 0.421. The minimum atomic E-state index is -0.533. The number of aliphatic hydroxyl groups excluding tert-OH is 1. The van der Waals surface area contributed by atoms with Crippen molar-refractivity contribution in [3.05, 3.63) is 113 Å². The third-order valence-corrected chi connectivity index (χ3v) is 5.04. The van der Waals surface area contributed by atoms with E-state index in [4.69, 9.17) is 0 Å². The van der Waals surface area contributed by atoms with Crippen LogP contribution in [0.4, 0.5) is 4.39 Å². The Morgan fingerprint density at radius 2 is 1.57 bits per heavy atom. The van der Waals surface area contributed by atoms with E-state index in [2.05, 4.69) is 0 Å². The molecule has 0 aliphatic carbocycles. The number of nitrogens with zero attached hydrogens (tertiary/aromatic N) is 1. The molecule has 0 spiro atoms. The first-order chi connectivity index (χ1) is 13.6. The summed E-state index contributed by atoms with van der Waals surface area (Å²) < 4.78 is 13.9. The summed E-state index contributed by atoms with van der Waals surface area (Å²) in [5, 5.41) is 10.7. The monoisotopic (exact) mass is 373 g/mol. The predicted octanol–water partition coefficient (Wildman–Crippen LogP) is 4.92. The molecule has 3 aromatic rings. The van der Waals surface area contributed by atoms with Crippen LogP contribution in [0.1, 0.15) is 22.7 Å². The van der Waals surface area contributed by atoms with Crippen LogP contribution in [0.25, 0.3) is 5.57 Å². The first kappa shape index (κ1) is 18.0. The summed E-state index contributed by atoms with van der Waals surface area (Å²) >= 11 is 0. The molecule has 0 aromatic heterocycles. The van der Waals surface area contributed by atoms with Gasteiger partial charge in [0.25, 0.3) is 5.91 Å². The zero-order valence-corrected chi connectivity index (χ0v) is 15.3. The van der Waals surface area contributed by atoms with Crippen LogP contribution in [-0.2, 0) is 11.2 Å². The van der Waals surface area contributed by atoms with Crippen molar-refractivity contribution in [3.8, 4) is 0 Å². The fourth-order valence-corrected chi connectivity index (χ4v) is 3.71. The maximum Gasteiger partial charge on any atom is 0.289 e. The predicted molar refractivity (Wildman–Crippen MR) is 107 cm³/mol. The van der Waals surface area contributed by atoms with Gasteiger partial charge in [0.05, 0.1) is 6.04 Å². The van der Waals surface area contributed by atoms with E-state index < -0.39 is 11.9 Å². The van der Waals surface area contributed by atoms with Gasteiger partial charge in [-0.15, -0.1) is 0 Å². The Kier molecular flexibility index (Phi) is 4.94. The smallest absolute Gasteiger partial charge is 0.289 e. The van der Waals surface area contributed by atoms with E-state index in [0.29, 0.717) is 24.1 Å². The minimum Gasteiger partial charge on any atom is -0.503 e. The van der Waals surface area contributed by atoms with Gasteiger partial charge in [-0.3, -0.25) is 4.79 Å². The van der Waals surface area contributed by atoms with Crippen molar-refractivity contribution in [2.45, 2.75) is 12.5 Å². The van der Waals surface area contributed by atoms with Crippen molar-refractivity contribution in [3.63, 3.8) is 0 Å². The number of aliphatic hydroxyl groups is 1. The molecule has 28 heavy (non-hydrogen) atoms. The van der Waals surface area contributed by atoms with Crippen LogP contribution in [0.15, 0.2) is 90.7 Å². The molecule has 0 radical (unpaired) electrons. The van der Waals surface area contributed by atoms with Crippen molar-refractivity contribution < 1.29 is 14.3 Å². The lowest BCUT2D eigenvalue weighted by atomic mass is 9.93. The highest BCUT2D eigenvalue weighted by Gasteiger charge is 2.40. The number of halogens is 1. The number of hydrogen-bond donors (Lipinski definition) is 1. The van der Waals surface area contributed by atoms with Gasteiger partial charge in [-0.05, 0) is 35.2 Å². The highest BCUT2D eigenvalue weighted by atomic mass is 19.1. The molecule has 1 heterocycles. The second-order valence-electron chi connectivity index (χ2n) is 6.82. The maximum atomic E-state index is 13.9. The summed E-state index contributed by atoms with van der Waals surface area (Å²) in [6.07, 6.45) is 0.647. The second-order valence-corrected chi connectivity index (χ2v) is 6.82. The van der Waals surface area contributed by atoms with E-state index >= 15 is 0 Å². The van der Waals surface area contributed by atoms with Gasteiger partial charge in [0.2, 0.25) is 0 Å². The molecule has 1 N–H and O–H groups in total. The van der Waals surface area contributed by atoms with Gasteiger partial charge >= 0.3 is 0 Å². The molecule has 1 atom stereocenters. The lowest BCUT2D eigenvalue weighted by Gasteiger charge is -2.27. The van der Waals surface area contributed by atoms with Crippen molar-refractivity contribution >= 4 is 11.5 Å². The van der Waals surface area contributed by atoms with Gasteiger partial charge in [-0.1, -0.05) is 72.8 Å². The van der Waals surface area contributed by atoms with E-state index in [0.717, 1.165) is 11.1 Å². The van der Waals surface area contributed by atoms with Crippen molar-refractivity contribution in [2.24, 2.45) is 0 Å². The SMILES string of the molecule is O=C1C(O)=C(c2ccccc2)[C@H](c2cccc(F)c2)N1CCc1ccccc1. The average Bonchev–Trinajstić information content (AvgIpc) is 2.98. The van der Waals surface area contributed by atoms with E-state index in [1.807, 2.05) is 60.7 Å². The Labute approximate surface area is 163 Å². The van der Waals surface area contributed by atoms with Gasteiger partial charge in [-0.2, -0.15) is 0 Å². The van der Waals surface area contributed by atoms with Gasteiger partial charge in [0, 0.05) is 12.1 Å². The molecular formula is C24H20FNO2. The van der Waals surface area contributed by atoms with Crippen LogP contribution in [-0.4, -0.2) is 22.5 Å². The van der Waals surface area contributed by atoms with Gasteiger partial charge < -0.3 is 10.0 Å². The Hall–Kier alpha value is -3.40. The molecule has 0 unspecified atom stereocenters. The fourth-order valence-electron chi connectivity index (χ4n) is 3.71. The van der Waals surface area contributed by atoms with E-state index in [1.54, 1.807) is 17.0 Å². The Bertz CT molecular complexity index is 1020. The van der Waals surface area contributed by atoms with Crippen LogP contribution in [0.5, 0.6) is 0 Å². The topological polar surface area (TPSA) is 40.5 Å². The van der Waals surface area contributed by atoms with Crippen LogP contribution in [0, 0.1) is 5.82 Å². The molecule has 1 amide bonds. The van der Waals surface area contributed by atoms with E-state index in [1.165, 1.54) is 12.1 Å². The Morgan fingerprint density at radius 1 is 0.893 bits per heavy atom. The largest absolute Gasteiger partial charge is 0.503 e. The number of rotatable bonds is 5. The minimum absolute atomic E-state index is 0.270. The lowest BCUT2D eigenvalue weighted by Crippen LogP contribution is -2.32. The maximum absolute atomic E-state index is 13.9. The van der Waals surface area contributed by atoms with Gasteiger partial charge in [0.15, 0.2) is 5.76 Å². The second kappa shape index (κ2) is 7.69. The first-order valence-electron chi connectivity index (χ1n) is 9.24. The standard InChI is InChI=1S/C24H20FNO2/c25-20-13-7-12-19(16-20)22-21(18-10-5-2-6-11-18)23(27)24(28)26(22)15-14-17-8-3-1-4-9-17/h1-13,16,22,27H,14-15H2/t22-/m0/s1. The molecule has 0 saturated carbocycles. The van der Waals surface area contributed by atoms with Crippen LogP contribution in [0.3, 0.4) is 0 Å². The molecule has 0 bridgehead atoms. The third kappa shape index (κ3) is 3.41. The lowest BCUT2D eigenvalue weighted by molar-refractivity contribution is -0.129. The first-order valence-corrected chi connectivity index (χ1v) is 9.24. The summed E-state index contributed by atoms with van der Waals surface area (Å²) in [6, 6.07) is 24.8. The molecule has 1 aliphatic heterocycles. The molecule has 3 aromatic carbocycles. The molecule has 1 aliphatic rings. The van der Waals surface area contributed by atoms with Gasteiger partial charge in [0.1, 0.15) is 5.82 Å². The Balaban J connectivity index is 1.74. The number of carbonyl (C=O) groups is 1. The highest BCUT2D eigenvalue weighted by molar-refractivity contribution is 6.05. The van der Waals surface area contributed by atoms with Crippen molar-refractivity contribution in [2.75, 3.05) is 6.54 Å². The summed E-state index contributed by atoms with van der Waals surface area (Å²) in [4.78, 5) is 14.5. The number of hydrogen-bond acceptors (Lipinski definition) is 2. The quantitative estimate of drug-likeness (QED) is 0.690. The summed E-state index contributed by atoms with van der Waals surface area (Å²) in [5.41, 5.74) is 3.01. The van der Waals surface area contributed by atoms with Gasteiger partial charge in [-0.25, -0.2) is 4.39 Å². The zero-order valence-electron chi connectivity index (χ0n) is 15.3. The fraction of sp³-hybridized carbons (Fsp3) is 0.125. The molecule has 0 fully saturated rings. The van der Waals surface area contributed by atoms with Crippen molar-refractivity contribution in [1.82, 2.24) is 4.90 Å². The molecular weight excluding hydrogens is 353 g/mol. The van der Waals surface area contributed by atoms with Crippen molar-refractivity contribution in [1.29, 1.82) is 0 Å². The zero-order chi connectivity index (χ0) is 19.5. The third-order valence-electron chi connectivity index (χ3n) is 5.04. The van der Waals surface area contributed by atoms with E-state index in [9.17, 15) is 14.3 Å². The number of amides is 1. The number of carbonyl (C=O) groups excluding carboxylic acids is 1. The van der Waals surface area contributed by atoms with Crippen LogP contribution >= 0.6 is 0 Å². The van der Waals surface area contributed by atoms with Crippen LogP contribution in [0.2, 0.25) is 0 Å². The summed E-state index contributed by atoms with van der Waals surface area (Å²) in [7, 11) is 0. The van der Waals surface area contributed by atoms with E-state index in [-0.39, 0.29) is 11.6 Å². The molecule has 140 valence electrons. The molecule has 4 heteroatoms. The molecule has 4 rings (SSSR count). The normalized spacial score (nSPS) is 16.7. The molecule has 0 saturated heterocycles. The molecule has 3 nitrogen and oxygen atoms in total.